The van der Waals surface area contributed by atoms with Gasteiger partial charge in [0.15, 0.2) is 0 Å². The first-order valence-corrected chi connectivity index (χ1v) is 8.09. The van der Waals surface area contributed by atoms with Gasteiger partial charge in [0.1, 0.15) is 0 Å². The lowest BCUT2D eigenvalue weighted by atomic mass is 10.1. The highest BCUT2D eigenvalue weighted by atomic mass is 19.4. The van der Waals surface area contributed by atoms with Crippen LogP contribution in [0.2, 0.25) is 0 Å². The zero-order valence-corrected chi connectivity index (χ0v) is 14.5. The predicted octanol–water partition coefficient (Wildman–Crippen LogP) is 4.00. The van der Waals surface area contributed by atoms with Gasteiger partial charge in [-0.05, 0) is 44.0 Å². The number of carbonyl (C=O) groups excluding carboxylic acids is 1. The second kappa shape index (κ2) is 8.04. The van der Waals surface area contributed by atoms with Crippen molar-refractivity contribution >= 4 is 11.6 Å². The summed E-state index contributed by atoms with van der Waals surface area (Å²) < 4.78 is 39.9. The summed E-state index contributed by atoms with van der Waals surface area (Å²) in [5, 5.41) is 15.5. The topological polar surface area (TPSA) is 70.7 Å². The van der Waals surface area contributed by atoms with Crippen LogP contribution in [-0.2, 0) is 23.9 Å². The van der Waals surface area contributed by atoms with Crippen LogP contribution < -0.4 is 5.32 Å². The second-order valence-corrected chi connectivity index (χ2v) is 5.91. The van der Waals surface area contributed by atoms with Gasteiger partial charge in [0.25, 0.3) is 0 Å². The van der Waals surface area contributed by atoms with Crippen molar-refractivity contribution < 1.29 is 18.0 Å². The van der Waals surface area contributed by atoms with E-state index in [9.17, 15) is 18.0 Å². The smallest absolute Gasteiger partial charge is 0.326 e. The molecule has 0 spiro atoms. The summed E-state index contributed by atoms with van der Waals surface area (Å²) in [5.74, 6) is -0.368. The monoisotopic (exact) mass is 364 g/mol. The van der Waals surface area contributed by atoms with Crippen molar-refractivity contribution in [1.29, 1.82) is 5.26 Å². The molecular formula is C18H19F3N4O. The summed E-state index contributed by atoms with van der Waals surface area (Å²) >= 11 is 0. The van der Waals surface area contributed by atoms with Crippen molar-refractivity contribution in [2.24, 2.45) is 0 Å². The number of halogens is 3. The minimum Gasteiger partial charge on any atom is -0.326 e. The van der Waals surface area contributed by atoms with Gasteiger partial charge in [0.2, 0.25) is 5.91 Å². The first-order valence-electron chi connectivity index (χ1n) is 8.09. The lowest BCUT2D eigenvalue weighted by Crippen LogP contribution is -2.14. The molecule has 1 N–H and O–H groups in total. The molecule has 1 aromatic carbocycles. The molecule has 1 aromatic heterocycles. The lowest BCUT2D eigenvalue weighted by Gasteiger charge is -2.10. The van der Waals surface area contributed by atoms with Crippen LogP contribution >= 0.6 is 0 Å². The minimum absolute atomic E-state index is 0.114. The van der Waals surface area contributed by atoms with E-state index in [0.717, 1.165) is 29.1 Å². The molecule has 1 heterocycles. The number of benzene rings is 1. The number of nitrogens with one attached hydrogen (secondary N) is 1. The molecule has 0 atom stereocenters. The summed E-state index contributed by atoms with van der Waals surface area (Å²) in [7, 11) is 0. The number of hydrogen-bond donors (Lipinski definition) is 1. The summed E-state index contributed by atoms with van der Waals surface area (Å²) in [6.07, 6.45) is -3.55. The molecule has 0 saturated carbocycles. The average molecular weight is 364 g/mol. The van der Waals surface area contributed by atoms with Crippen molar-refractivity contribution in [3.8, 4) is 6.07 Å². The first kappa shape index (κ1) is 19.5. The number of nitrogens with zero attached hydrogens (tertiary/aromatic N) is 3. The third kappa shape index (κ3) is 4.85. The standard InChI is InChI=1S/C18H19F3N4O/c1-12-16(13(2)25(24-12)10-4-9-22)7-8-17(26)23-15-6-3-5-14(11-15)18(19,20)21/h3,5-6,11H,4,7-8,10H2,1-2H3,(H,23,26). The molecule has 0 aliphatic carbocycles. The zero-order chi connectivity index (χ0) is 19.3. The van der Waals surface area contributed by atoms with Crippen molar-refractivity contribution in [2.45, 2.75) is 45.8 Å². The molecule has 26 heavy (non-hydrogen) atoms. The van der Waals surface area contributed by atoms with Crippen molar-refractivity contribution in [3.63, 3.8) is 0 Å². The molecular weight excluding hydrogens is 345 g/mol. The Morgan fingerprint density at radius 1 is 1.35 bits per heavy atom. The lowest BCUT2D eigenvalue weighted by molar-refractivity contribution is -0.137. The van der Waals surface area contributed by atoms with Gasteiger partial charge in [0.05, 0.1) is 30.3 Å². The fourth-order valence-corrected chi connectivity index (χ4v) is 2.70. The van der Waals surface area contributed by atoms with Gasteiger partial charge < -0.3 is 5.32 Å². The van der Waals surface area contributed by atoms with Gasteiger partial charge in [-0.15, -0.1) is 0 Å². The molecule has 2 aromatic rings. The number of carbonyl (C=O) groups is 1. The van der Waals surface area contributed by atoms with E-state index in [4.69, 9.17) is 5.26 Å². The molecule has 0 fully saturated rings. The van der Waals surface area contributed by atoms with Crippen molar-refractivity contribution in [2.75, 3.05) is 5.32 Å². The SMILES string of the molecule is Cc1nn(CCC#N)c(C)c1CCC(=O)Nc1cccc(C(F)(F)F)c1. The van der Waals surface area contributed by atoms with Gasteiger partial charge in [-0.25, -0.2) is 0 Å². The molecule has 1 amide bonds. The quantitative estimate of drug-likeness (QED) is 0.842. The van der Waals surface area contributed by atoms with Gasteiger partial charge in [-0.1, -0.05) is 6.07 Å². The van der Waals surface area contributed by atoms with E-state index in [2.05, 4.69) is 16.5 Å². The number of amides is 1. The Kier molecular flexibility index (Phi) is 6.03. The summed E-state index contributed by atoms with van der Waals surface area (Å²) in [6, 6.07) is 6.60. The van der Waals surface area contributed by atoms with Crippen LogP contribution in [0.4, 0.5) is 18.9 Å². The van der Waals surface area contributed by atoms with Crippen molar-refractivity contribution in [1.82, 2.24) is 9.78 Å². The number of aromatic nitrogens is 2. The number of alkyl halides is 3. The van der Waals surface area contributed by atoms with Crippen LogP contribution in [0.1, 0.15) is 35.4 Å². The molecule has 8 heteroatoms. The molecule has 0 saturated heterocycles. The van der Waals surface area contributed by atoms with Crippen LogP contribution in [-0.4, -0.2) is 15.7 Å². The second-order valence-electron chi connectivity index (χ2n) is 5.91. The Morgan fingerprint density at radius 2 is 2.08 bits per heavy atom. The maximum Gasteiger partial charge on any atom is 0.416 e. The van der Waals surface area contributed by atoms with E-state index in [0.29, 0.717) is 19.4 Å². The Morgan fingerprint density at radius 3 is 2.73 bits per heavy atom. The fraction of sp³-hybridized carbons (Fsp3) is 0.389. The van der Waals surface area contributed by atoms with E-state index in [1.165, 1.54) is 12.1 Å². The largest absolute Gasteiger partial charge is 0.416 e. The number of anilines is 1. The summed E-state index contributed by atoms with van der Waals surface area (Å²) in [4.78, 5) is 12.1. The summed E-state index contributed by atoms with van der Waals surface area (Å²) in [6.45, 7) is 4.19. The van der Waals surface area contributed by atoms with Crippen LogP contribution in [0.25, 0.3) is 0 Å². The third-order valence-electron chi connectivity index (χ3n) is 4.04. The highest BCUT2D eigenvalue weighted by molar-refractivity contribution is 5.90. The van der Waals surface area contributed by atoms with Crippen molar-refractivity contribution in [3.05, 3.63) is 46.8 Å². The number of hydrogen-bond acceptors (Lipinski definition) is 3. The van der Waals surface area contributed by atoms with E-state index in [1.807, 2.05) is 13.8 Å². The van der Waals surface area contributed by atoms with Crippen LogP contribution in [0, 0.1) is 25.2 Å². The van der Waals surface area contributed by atoms with Crippen LogP contribution in [0.3, 0.4) is 0 Å². The zero-order valence-electron chi connectivity index (χ0n) is 14.5. The normalized spacial score (nSPS) is 11.2. The average Bonchev–Trinajstić information content (AvgIpc) is 2.84. The molecule has 0 aliphatic rings. The van der Waals surface area contributed by atoms with Gasteiger partial charge in [-0.3, -0.25) is 9.48 Å². The molecule has 0 aliphatic heterocycles. The first-order chi connectivity index (χ1) is 12.2. The maximum atomic E-state index is 12.7. The Bertz CT molecular complexity index is 834. The highest BCUT2D eigenvalue weighted by Crippen LogP contribution is 2.30. The maximum absolute atomic E-state index is 12.7. The molecule has 0 unspecified atom stereocenters. The van der Waals surface area contributed by atoms with E-state index < -0.39 is 11.7 Å². The molecule has 2 rings (SSSR count). The number of rotatable bonds is 6. The van der Waals surface area contributed by atoms with Gasteiger partial charge >= 0.3 is 6.18 Å². The predicted molar refractivity (Wildman–Crippen MR) is 90.3 cm³/mol. The molecule has 0 bridgehead atoms. The minimum atomic E-state index is -4.45. The fourth-order valence-electron chi connectivity index (χ4n) is 2.70. The molecule has 138 valence electrons. The van der Waals surface area contributed by atoms with Crippen LogP contribution in [0.15, 0.2) is 24.3 Å². The van der Waals surface area contributed by atoms with E-state index in [1.54, 1.807) is 4.68 Å². The summed E-state index contributed by atoms with van der Waals surface area (Å²) in [5.41, 5.74) is 1.91. The van der Waals surface area contributed by atoms with E-state index in [-0.39, 0.29) is 18.0 Å². The number of aryl methyl sites for hydroxylation is 2. The number of nitriles is 1. The molecule has 5 nitrogen and oxygen atoms in total. The third-order valence-corrected chi connectivity index (χ3v) is 4.04. The Hall–Kier alpha value is -2.82. The van der Waals surface area contributed by atoms with E-state index >= 15 is 0 Å². The van der Waals surface area contributed by atoms with Crippen LogP contribution in [0.5, 0.6) is 0 Å². The Labute approximate surface area is 149 Å². The van der Waals surface area contributed by atoms with Gasteiger partial charge in [0, 0.05) is 17.8 Å². The highest BCUT2D eigenvalue weighted by Gasteiger charge is 2.30. The molecule has 0 radical (unpaired) electrons. The van der Waals surface area contributed by atoms with Gasteiger partial charge in [-0.2, -0.15) is 23.5 Å². The Balaban J connectivity index is 2.00.